The lowest BCUT2D eigenvalue weighted by molar-refractivity contribution is -0.122. The van der Waals surface area contributed by atoms with Gasteiger partial charge < -0.3 is 39.0 Å². The Hall–Kier alpha value is -8.18. The Morgan fingerprint density at radius 2 is 0.986 bits per heavy atom. The van der Waals surface area contributed by atoms with E-state index in [0.29, 0.717) is 60.3 Å². The van der Waals surface area contributed by atoms with Crippen LogP contribution in [0.4, 0.5) is 11.4 Å². The summed E-state index contributed by atoms with van der Waals surface area (Å²) < 4.78 is 23.2. The molecule has 0 spiro atoms. The Kier molecular flexibility index (Phi) is 14.1. The van der Waals surface area contributed by atoms with Gasteiger partial charge in [0.15, 0.2) is 11.4 Å². The van der Waals surface area contributed by atoms with Crippen molar-refractivity contribution in [1.29, 1.82) is 0 Å². The number of likely N-dealkylation sites (N-methyl/N-ethyl adjacent to an activating group) is 2. The molecule has 0 bridgehead atoms. The lowest BCUT2D eigenvalue weighted by Crippen LogP contribution is -2.53. The van der Waals surface area contributed by atoms with Crippen LogP contribution in [0.5, 0.6) is 11.5 Å². The third-order valence-corrected chi connectivity index (χ3v) is 12.5. The maximum Gasteiger partial charge on any atom is 0.274 e. The zero-order valence-corrected chi connectivity index (χ0v) is 39.3. The molecule has 3 aliphatic rings. The van der Waals surface area contributed by atoms with Crippen molar-refractivity contribution in [2.24, 2.45) is 0 Å². The highest BCUT2D eigenvalue weighted by atomic mass is 16.5. The molecule has 9 rings (SSSR count). The molecule has 70 heavy (non-hydrogen) atoms. The molecule has 4 aromatic carbocycles. The molecule has 1 saturated heterocycles. The van der Waals surface area contributed by atoms with Crippen LogP contribution >= 0.6 is 0 Å². The fraction of sp³-hybridized carbons (Fsp3) is 0.296. The predicted molar refractivity (Wildman–Crippen MR) is 261 cm³/mol. The summed E-state index contributed by atoms with van der Waals surface area (Å²) in [5, 5.41) is 13.5. The molecule has 4 atom stereocenters. The lowest BCUT2D eigenvalue weighted by atomic mass is 10.1. The van der Waals surface area contributed by atoms with Gasteiger partial charge in [0.1, 0.15) is 47.3 Å². The quantitative estimate of drug-likeness (QED) is 0.177. The van der Waals surface area contributed by atoms with Crippen molar-refractivity contribution in [3.05, 3.63) is 154 Å². The number of fused-ring (bicyclic) bond motifs is 2. The summed E-state index contributed by atoms with van der Waals surface area (Å²) in [6.07, 6.45) is -0.358. The van der Waals surface area contributed by atoms with Gasteiger partial charge in [-0.05, 0) is 61.4 Å². The van der Waals surface area contributed by atoms with Gasteiger partial charge in [0.05, 0.1) is 24.5 Å². The number of piperazine rings is 1. The second-order valence-corrected chi connectivity index (χ2v) is 17.5. The van der Waals surface area contributed by atoms with Gasteiger partial charge in [-0.3, -0.25) is 29.0 Å². The number of anilines is 2. The van der Waals surface area contributed by atoms with E-state index >= 15 is 0 Å². The van der Waals surface area contributed by atoms with Crippen LogP contribution < -0.4 is 29.9 Å². The van der Waals surface area contributed by atoms with Crippen LogP contribution in [0.15, 0.2) is 118 Å². The Labute approximate surface area is 405 Å². The van der Waals surface area contributed by atoms with E-state index in [-0.39, 0.29) is 23.2 Å². The van der Waals surface area contributed by atoms with Crippen LogP contribution in [-0.4, -0.2) is 121 Å². The van der Waals surface area contributed by atoms with Crippen molar-refractivity contribution in [3.63, 3.8) is 0 Å². The van der Waals surface area contributed by atoms with E-state index in [1.165, 1.54) is 9.80 Å². The van der Waals surface area contributed by atoms with Crippen LogP contribution in [0.1, 0.15) is 68.6 Å². The van der Waals surface area contributed by atoms with E-state index in [1.54, 1.807) is 52.2 Å². The van der Waals surface area contributed by atoms with Gasteiger partial charge in [0, 0.05) is 76.4 Å². The molecule has 16 heteroatoms. The van der Waals surface area contributed by atoms with E-state index < -0.39 is 36.1 Å². The first-order valence-corrected chi connectivity index (χ1v) is 23.2. The third kappa shape index (κ3) is 10.9. The van der Waals surface area contributed by atoms with Crippen LogP contribution in [0.3, 0.4) is 0 Å². The number of ether oxygens (including phenoxy) is 2. The summed E-state index contributed by atoms with van der Waals surface area (Å²) >= 11 is 0. The standard InChI is InChI=1S/C54H52N8O8/c1-35-49(55-51(63)43-33-41(69-57-43)29-37-13-7-5-8-14-37)53(65)59(3)45-31-39(19-21-47(45)67-35)17-11-23-61-25-27-62(28-26-61)24-12-18-40-20-22-48-46(32-40)60(4)54(66)50(36(2)68-48)56-52(64)44-34-42(70-58-44)30-38-15-9-6-10-16-38/h5-10,13-16,19-22,31-36,49-50H,23-30H2,1-4H3,(H,55,63)(H,56,64)/t35-,36-,49+,50+/m1/s1. The number of aromatic nitrogens is 2. The fourth-order valence-corrected chi connectivity index (χ4v) is 8.51. The van der Waals surface area contributed by atoms with Gasteiger partial charge in [-0.2, -0.15) is 0 Å². The molecule has 16 nitrogen and oxygen atoms in total. The largest absolute Gasteiger partial charge is 0.486 e. The molecular weight excluding hydrogens is 889 g/mol. The van der Waals surface area contributed by atoms with E-state index in [1.807, 2.05) is 84.9 Å². The van der Waals surface area contributed by atoms with Crippen molar-refractivity contribution in [1.82, 2.24) is 30.7 Å². The molecule has 356 valence electrons. The first kappa shape index (κ1) is 46.9. The summed E-state index contributed by atoms with van der Waals surface area (Å²) in [4.78, 5) is 61.5. The van der Waals surface area contributed by atoms with Crippen molar-refractivity contribution < 1.29 is 37.7 Å². The maximum absolute atomic E-state index is 13.7. The predicted octanol–water partition coefficient (Wildman–Crippen LogP) is 4.95. The minimum atomic E-state index is -0.968. The Bertz CT molecular complexity index is 2810. The van der Waals surface area contributed by atoms with Crippen molar-refractivity contribution in [3.8, 4) is 35.2 Å². The number of benzene rings is 4. The minimum Gasteiger partial charge on any atom is -0.486 e. The monoisotopic (exact) mass is 940 g/mol. The summed E-state index contributed by atoms with van der Waals surface area (Å²) in [6.45, 7) is 7.93. The van der Waals surface area contributed by atoms with Crippen LogP contribution in [-0.2, 0) is 22.4 Å². The van der Waals surface area contributed by atoms with Gasteiger partial charge in [0.25, 0.3) is 23.6 Å². The van der Waals surface area contributed by atoms with Gasteiger partial charge in [0.2, 0.25) is 0 Å². The molecule has 4 amide bonds. The normalized spacial score (nSPS) is 19.1. The van der Waals surface area contributed by atoms with E-state index in [2.05, 4.69) is 54.4 Å². The Morgan fingerprint density at radius 3 is 1.39 bits per heavy atom. The summed E-state index contributed by atoms with van der Waals surface area (Å²) in [6, 6.07) is 31.7. The van der Waals surface area contributed by atoms with Crippen LogP contribution in [0.2, 0.25) is 0 Å². The minimum absolute atomic E-state index is 0.0831. The summed E-state index contributed by atoms with van der Waals surface area (Å²) in [5.41, 5.74) is 4.80. The maximum atomic E-state index is 13.7. The highest BCUT2D eigenvalue weighted by molar-refractivity contribution is 6.04. The van der Waals surface area contributed by atoms with Gasteiger partial charge >= 0.3 is 0 Å². The van der Waals surface area contributed by atoms with Gasteiger partial charge in [-0.25, -0.2) is 0 Å². The van der Waals surface area contributed by atoms with Crippen molar-refractivity contribution in [2.75, 3.05) is 63.2 Å². The molecule has 0 radical (unpaired) electrons. The van der Waals surface area contributed by atoms with Crippen LogP contribution in [0.25, 0.3) is 0 Å². The number of hydrogen-bond acceptors (Lipinski definition) is 12. The molecule has 0 unspecified atom stereocenters. The molecule has 0 saturated carbocycles. The fourth-order valence-electron chi connectivity index (χ4n) is 8.51. The molecule has 0 aliphatic carbocycles. The third-order valence-electron chi connectivity index (χ3n) is 12.5. The highest BCUT2D eigenvalue weighted by Gasteiger charge is 2.38. The van der Waals surface area contributed by atoms with E-state index in [0.717, 1.165) is 48.4 Å². The topological polar surface area (TPSA) is 176 Å². The highest BCUT2D eigenvalue weighted by Crippen LogP contribution is 2.35. The zero-order valence-electron chi connectivity index (χ0n) is 39.3. The SMILES string of the molecule is C[C@H]1Oc2ccc(C#CCN3CCN(CC#Cc4ccc5c(c4)N(C)C(=O)[C@@H](NC(=O)c4cc(Cc6ccccc6)on4)[C@@H](C)O5)CC3)cc2N(C)C(=O)[C@H]1NC(=O)c1cc(Cc2ccccc2)on1. The number of nitrogens with zero attached hydrogens (tertiary/aromatic N) is 6. The summed E-state index contributed by atoms with van der Waals surface area (Å²) in [5.74, 6) is 13.5. The summed E-state index contributed by atoms with van der Waals surface area (Å²) in [7, 11) is 3.31. The smallest absolute Gasteiger partial charge is 0.274 e. The zero-order chi connectivity index (χ0) is 48.7. The molecular formula is C54H52N8O8. The van der Waals surface area contributed by atoms with Gasteiger partial charge in [-0.1, -0.05) is 94.7 Å². The molecule has 2 N–H and O–H groups in total. The Balaban J connectivity index is 0.739. The molecule has 2 aromatic heterocycles. The number of carbonyl (C=O) groups excluding carboxylic acids is 4. The molecule has 3 aliphatic heterocycles. The van der Waals surface area contributed by atoms with Gasteiger partial charge in [-0.15, -0.1) is 0 Å². The molecule has 5 heterocycles. The Morgan fingerprint density at radius 1 is 0.586 bits per heavy atom. The average molecular weight is 941 g/mol. The number of hydrogen-bond donors (Lipinski definition) is 2. The molecule has 6 aromatic rings. The number of amides is 4. The van der Waals surface area contributed by atoms with E-state index in [4.69, 9.17) is 18.5 Å². The first-order valence-electron chi connectivity index (χ1n) is 23.2. The average Bonchev–Trinajstić information content (AvgIpc) is 4.02. The second kappa shape index (κ2) is 21.0. The van der Waals surface area contributed by atoms with Crippen LogP contribution in [0, 0.1) is 23.7 Å². The van der Waals surface area contributed by atoms with E-state index in [9.17, 15) is 19.2 Å². The second-order valence-electron chi connectivity index (χ2n) is 17.5. The molecule has 1 fully saturated rings. The first-order chi connectivity index (χ1) is 33.9. The number of nitrogens with one attached hydrogen (secondary N) is 2. The number of carbonyl (C=O) groups is 4. The van der Waals surface area contributed by atoms with Crippen molar-refractivity contribution in [2.45, 2.75) is 51.0 Å². The van der Waals surface area contributed by atoms with Crippen molar-refractivity contribution >= 4 is 35.0 Å². The number of rotatable bonds is 10. The lowest BCUT2D eigenvalue weighted by Gasteiger charge is -2.32.